The normalized spacial score (nSPS) is 14.9. The monoisotopic (exact) mass is 376 g/mol. The zero-order valence-corrected chi connectivity index (χ0v) is 15.9. The van der Waals surface area contributed by atoms with Crippen LogP contribution in [0.25, 0.3) is 11.1 Å². The van der Waals surface area contributed by atoms with Crippen LogP contribution in [-0.4, -0.2) is 32.8 Å². The number of piperidine rings is 1. The van der Waals surface area contributed by atoms with Gasteiger partial charge in [0.25, 0.3) is 0 Å². The van der Waals surface area contributed by atoms with Crippen LogP contribution >= 0.6 is 0 Å². The zero-order valence-electron chi connectivity index (χ0n) is 15.9. The van der Waals surface area contributed by atoms with Gasteiger partial charge in [0, 0.05) is 43.4 Å². The Bertz CT molecular complexity index is 1030. The first-order valence-electron chi connectivity index (χ1n) is 9.34. The maximum atomic E-state index is 13.3. The van der Waals surface area contributed by atoms with Crippen molar-refractivity contribution in [2.24, 2.45) is 7.05 Å². The number of hydrogen-bond donors (Lipinski definition) is 0. The van der Waals surface area contributed by atoms with E-state index in [9.17, 15) is 9.65 Å². The Hall–Kier alpha value is -3.27. The molecule has 0 atom stereocenters. The number of pyridine rings is 1. The van der Waals surface area contributed by atoms with E-state index in [0.29, 0.717) is 11.5 Å². The fourth-order valence-corrected chi connectivity index (χ4v) is 3.88. The molecule has 1 fully saturated rings. The molecule has 28 heavy (non-hydrogen) atoms. The molecule has 0 spiro atoms. The fraction of sp³-hybridized carbons (Fsp3) is 0.333. The van der Waals surface area contributed by atoms with Crippen molar-refractivity contribution in [3.05, 3.63) is 59.7 Å². The summed E-state index contributed by atoms with van der Waals surface area (Å²) in [5.41, 5.74) is 3.22. The first-order chi connectivity index (χ1) is 13.6. The van der Waals surface area contributed by atoms with Crippen molar-refractivity contribution < 1.29 is 4.39 Å². The van der Waals surface area contributed by atoms with Crippen molar-refractivity contribution in [3.63, 3.8) is 0 Å². The van der Waals surface area contributed by atoms with Crippen LogP contribution in [0.3, 0.4) is 0 Å². The van der Waals surface area contributed by atoms with E-state index in [0.717, 1.165) is 54.4 Å². The largest absolute Gasteiger partial charge is 0.370 e. The molecule has 0 saturated carbocycles. The fourth-order valence-electron chi connectivity index (χ4n) is 3.88. The van der Waals surface area contributed by atoms with Crippen molar-refractivity contribution in [3.8, 4) is 17.2 Å². The third-order valence-electron chi connectivity index (χ3n) is 5.50. The van der Waals surface area contributed by atoms with Crippen molar-refractivity contribution in [2.45, 2.75) is 25.7 Å². The highest BCUT2D eigenvalue weighted by molar-refractivity contribution is 5.82. The number of nitrogens with zero attached hydrogens (tertiary/aromatic N) is 6. The summed E-state index contributed by atoms with van der Waals surface area (Å²) in [7, 11) is 2.00. The molecule has 0 radical (unpaired) electrons. The number of aromatic nitrogens is 4. The average molecular weight is 376 g/mol. The van der Waals surface area contributed by atoms with Gasteiger partial charge in [-0.2, -0.15) is 9.65 Å². The number of hydrogen-bond acceptors (Lipinski definition) is 5. The molecule has 142 valence electrons. The second kappa shape index (κ2) is 7.39. The highest BCUT2D eigenvalue weighted by Gasteiger charge is 2.27. The third-order valence-corrected chi connectivity index (χ3v) is 5.50. The van der Waals surface area contributed by atoms with Crippen LogP contribution in [0.4, 0.5) is 10.1 Å². The van der Waals surface area contributed by atoms with Crippen LogP contribution in [-0.2, 0) is 7.05 Å². The van der Waals surface area contributed by atoms with E-state index in [-0.39, 0.29) is 0 Å². The van der Waals surface area contributed by atoms with Crippen LogP contribution in [0.1, 0.15) is 36.0 Å². The molecule has 0 aliphatic carbocycles. The number of anilines is 1. The molecule has 2 aromatic heterocycles. The highest BCUT2D eigenvalue weighted by atomic mass is 19.1. The van der Waals surface area contributed by atoms with Gasteiger partial charge in [-0.25, -0.2) is 4.98 Å². The van der Waals surface area contributed by atoms with Gasteiger partial charge in [-0.3, -0.25) is 0 Å². The molecule has 7 heteroatoms. The van der Waals surface area contributed by atoms with Gasteiger partial charge >= 0.3 is 0 Å². The summed E-state index contributed by atoms with van der Waals surface area (Å²) in [5.74, 6) is 1.78. The Morgan fingerprint density at radius 1 is 1.14 bits per heavy atom. The molecule has 0 N–H and O–H groups in total. The summed E-state index contributed by atoms with van der Waals surface area (Å²) in [5, 5.41) is 18.2. The second-order valence-electron chi connectivity index (χ2n) is 7.11. The minimum absolute atomic E-state index is 0.354. The number of benzene rings is 1. The number of nitriles is 1. The van der Waals surface area contributed by atoms with Gasteiger partial charge in [0.05, 0.1) is 11.3 Å². The Morgan fingerprint density at radius 2 is 1.93 bits per heavy atom. The molecule has 1 aliphatic heterocycles. The summed E-state index contributed by atoms with van der Waals surface area (Å²) in [6.07, 6.45) is 3.39. The summed E-state index contributed by atoms with van der Waals surface area (Å²) in [6, 6.07) is 11.0. The molecule has 4 rings (SSSR count). The van der Waals surface area contributed by atoms with Gasteiger partial charge in [0.15, 0.2) is 0 Å². The molecule has 1 aliphatic rings. The lowest BCUT2D eigenvalue weighted by Crippen LogP contribution is -2.34. The summed E-state index contributed by atoms with van der Waals surface area (Å²) < 4.78 is 15.3. The van der Waals surface area contributed by atoms with Gasteiger partial charge in [-0.05, 0) is 38.0 Å². The first-order valence-corrected chi connectivity index (χ1v) is 9.34. The van der Waals surface area contributed by atoms with Crippen molar-refractivity contribution in [1.29, 1.82) is 5.26 Å². The van der Waals surface area contributed by atoms with Crippen LogP contribution in [0.2, 0.25) is 0 Å². The lowest BCUT2D eigenvalue weighted by molar-refractivity contribution is 0.473. The Kier molecular flexibility index (Phi) is 4.78. The first kappa shape index (κ1) is 18.1. The maximum Gasteiger partial charge on any atom is 0.212 e. The SMILES string of the molecule is Cc1nnc(C2CCN(c3c(C#N)cccc3-c3ccc(F)nc3)CC2)n1C. The Morgan fingerprint density at radius 3 is 2.54 bits per heavy atom. The average Bonchev–Trinajstić information content (AvgIpc) is 3.06. The van der Waals surface area contributed by atoms with E-state index in [1.165, 1.54) is 12.3 Å². The number of halogens is 1. The van der Waals surface area contributed by atoms with Gasteiger partial charge < -0.3 is 9.47 Å². The standard InChI is InChI=1S/C21H21FN6/c1-14-25-26-21(27(14)2)15-8-10-28(11-9-15)20-16(12-23)4-3-5-18(20)17-6-7-19(22)24-13-17/h3-7,13,15H,8-11H2,1-2H3. The highest BCUT2D eigenvalue weighted by Crippen LogP contribution is 2.37. The molecule has 6 nitrogen and oxygen atoms in total. The molecule has 0 amide bonds. The predicted molar refractivity (Wildman–Crippen MR) is 104 cm³/mol. The van der Waals surface area contributed by atoms with E-state index in [1.54, 1.807) is 6.07 Å². The summed E-state index contributed by atoms with van der Waals surface area (Å²) >= 11 is 0. The molecule has 0 unspecified atom stereocenters. The predicted octanol–water partition coefficient (Wildman–Crippen LogP) is 3.58. The molecule has 3 aromatic rings. The molecular formula is C21H21FN6. The second-order valence-corrected chi connectivity index (χ2v) is 7.11. The smallest absolute Gasteiger partial charge is 0.212 e. The molecule has 0 bridgehead atoms. The van der Waals surface area contributed by atoms with Crippen LogP contribution in [0, 0.1) is 24.2 Å². The van der Waals surface area contributed by atoms with Crippen LogP contribution in [0.15, 0.2) is 36.5 Å². The van der Waals surface area contributed by atoms with Gasteiger partial charge in [0.1, 0.15) is 17.7 Å². The van der Waals surface area contributed by atoms with Gasteiger partial charge in [0.2, 0.25) is 5.95 Å². The van der Waals surface area contributed by atoms with E-state index >= 15 is 0 Å². The number of rotatable bonds is 3. The molecule has 3 heterocycles. The maximum absolute atomic E-state index is 13.3. The summed E-state index contributed by atoms with van der Waals surface area (Å²) in [4.78, 5) is 6.02. The van der Waals surface area contributed by atoms with E-state index in [1.807, 2.05) is 32.2 Å². The molecule has 1 aromatic carbocycles. The number of aryl methyl sites for hydroxylation is 1. The van der Waals surface area contributed by atoms with Crippen molar-refractivity contribution in [1.82, 2.24) is 19.7 Å². The Labute approximate surface area is 163 Å². The van der Waals surface area contributed by atoms with E-state index < -0.39 is 5.95 Å². The minimum Gasteiger partial charge on any atom is -0.370 e. The Balaban J connectivity index is 1.64. The minimum atomic E-state index is -0.512. The summed E-state index contributed by atoms with van der Waals surface area (Å²) in [6.45, 7) is 3.59. The third kappa shape index (κ3) is 3.22. The van der Waals surface area contributed by atoms with Crippen molar-refractivity contribution in [2.75, 3.05) is 18.0 Å². The topological polar surface area (TPSA) is 70.6 Å². The molecule has 1 saturated heterocycles. The van der Waals surface area contributed by atoms with E-state index in [2.05, 4.69) is 30.7 Å². The zero-order chi connectivity index (χ0) is 19.7. The van der Waals surface area contributed by atoms with Crippen LogP contribution in [0.5, 0.6) is 0 Å². The quantitative estimate of drug-likeness (QED) is 0.654. The lowest BCUT2D eigenvalue weighted by atomic mass is 9.93. The van der Waals surface area contributed by atoms with Crippen molar-refractivity contribution >= 4 is 5.69 Å². The van der Waals surface area contributed by atoms with Gasteiger partial charge in [-0.1, -0.05) is 12.1 Å². The van der Waals surface area contributed by atoms with Crippen LogP contribution < -0.4 is 4.90 Å². The number of para-hydroxylation sites is 1. The van der Waals surface area contributed by atoms with Gasteiger partial charge in [-0.15, -0.1) is 10.2 Å². The molecular weight excluding hydrogens is 355 g/mol. The lowest BCUT2D eigenvalue weighted by Gasteiger charge is -2.35. The van der Waals surface area contributed by atoms with E-state index in [4.69, 9.17) is 0 Å².